The van der Waals surface area contributed by atoms with E-state index in [1.807, 2.05) is 6.92 Å². The molecule has 1 atom stereocenters. The van der Waals surface area contributed by atoms with Crippen molar-refractivity contribution in [1.29, 1.82) is 0 Å². The molecule has 2 N–H and O–H groups in total. The molecule has 1 fully saturated rings. The zero-order valence-electron chi connectivity index (χ0n) is 12.6. The second-order valence-corrected chi connectivity index (χ2v) is 5.75. The predicted octanol–water partition coefficient (Wildman–Crippen LogP) is 1.56. The Morgan fingerprint density at radius 2 is 1.95 bits per heavy atom. The number of amides is 2. The molecule has 1 unspecified atom stereocenters. The molecule has 6 nitrogen and oxygen atoms in total. The second kappa shape index (κ2) is 6.25. The van der Waals surface area contributed by atoms with Crippen molar-refractivity contribution in [3.05, 3.63) is 18.2 Å². The van der Waals surface area contributed by atoms with Gasteiger partial charge in [-0.2, -0.15) is 0 Å². The zero-order valence-corrected chi connectivity index (χ0v) is 12.6. The molecule has 1 heterocycles. The van der Waals surface area contributed by atoms with Crippen LogP contribution in [0.4, 0.5) is 5.69 Å². The van der Waals surface area contributed by atoms with E-state index in [1.165, 1.54) is 0 Å². The third kappa shape index (κ3) is 3.50. The van der Waals surface area contributed by atoms with Crippen molar-refractivity contribution in [1.82, 2.24) is 5.32 Å². The van der Waals surface area contributed by atoms with Crippen molar-refractivity contribution in [3.8, 4) is 11.5 Å². The molecule has 1 saturated carbocycles. The molecule has 0 saturated heterocycles. The van der Waals surface area contributed by atoms with Crippen LogP contribution in [0.5, 0.6) is 11.5 Å². The van der Waals surface area contributed by atoms with E-state index in [4.69, 9.17) is 9.47 Å². The summed E-state index contributed by atoms with van der Waals surface area (Å²) in [5.74, 6) is 1.46. The fourth-order valence-electron chi connectivity index (χ4n) is 2.46. The minimum Gasteiger partial charge on any atom is -0.486 e. The van der Waals surface area contributed by atoms with Crippen molar-refractivity contribution < 1.29 is 19.1 Å². The summed E-state index contributed by atoms with van der Waals surface area (Å²) < 4.78 is 10.9. The van der Waals surface area contributed by atoms with Crippen molar-refractivity contribution in [2.24, 2.45) is 11.8 Å². The number of nitrogens with one attached hydrogen (secondary N) is 2. The molecule has 118 valence electrons. The maximum Gasteiger partial charge on any atom is 0.243 e. The Kier molecular flexibility index (Phi) is 4.18. The molecule has 1 aromatic rings. The molecular formula is C16H20N2O4. The molecule has 1 aromatic carbocycles. The van der Waals surface area contributed by atoms with E-state index in [1.54, 1.807) is 18.2 Å². The highest BCUT2D eigenvalue weighted by atomic mass is 16.6. The quantitative estimate of drug-likeness (QED) is 0.865. The molecular weight excluding hydrogens is 284 g/mol. The first-order chi connectivity index (χ1) is 10.6. The largest absolute Gasteiger partial charge is 0.486 e. The van der Waals surface area contributed by atoms with Gasteiger partial charge in [-0.15, -0.1) is 0 Å². The van der Waals surface area contributed by atoms with Crippen LogP contribution in [-0.2, 0) is 9.59 Å². The van der Waals surface area contributed by atoms with Crippen LogP contribution >= 0.6 is 0 Å². The maximum absolute atomic E-state index is 11.9. The number of ether oxygens (including phenoxy) is 2. The first-order valence-corrected chi connectivity index (χ1v) is 7.60. The van der Waals surface area contributed by atoms with Gasteiger partial charge in [0.2, 0.25) is 11.8 Å². The Morgan fingerprint density at radius 1 is 1.23 bits per heavy atom. The molecule has 6 heteroatoms. The van der Waals surface area contributed by atoms with Crippen molar-refractivity contribution in [2.75, 3.05) is 25.1 Å². The lowest BCUT2D eigenvalue weighted by molar-refractivity contribution is -0.127. The van der Waals surface area contributed by atoms with E-state index in [0.717, 1.165) is 12.8 Å². The predicted molar refractivity (Wildman–Crippen MR) is 81.0 cm³/mol. The molecule has 3 rings (SSSR count). The summed E-state index contributed by atoms with van der Waals surface area (Å²) in [4.78, 5) is 23.7. The summed E-state index contributed by atoms with van der Waals surface area (Å²) in [6.07, 6.45) is 2.22. The molecule has 0 bridgehead atoms. The van der Waals surface area contributed by atoms with Gasteiger partial charge in [0.15, 0.2) is 11.5 Å². The normalized spacial score (nSPS) is 17.5. The van der Waals surface area contributed by atoms with Gasteiger partial charge < -0.3 is 20.1 Å². The number of carbonyl (C=O) groups excluding carboxylic acids is 2. The number of anilines is 1. The summed E-state index contributed by atoms with van der Waals surface area (Å²) >= 11 is 0. The highest BCUT2D eigenvalue weighted by molar-refractivity contribution is 5.95. The van der Waals surface area contributed by atoms with Crippen LogP contribution in [0.1, 0.15) is 19.8 Å². The molecule has 0 spiro atoms. The van der Waals surface area contributed by atoms with Gasteiger partial charge in [-0.3, -0.25) is 9.59 Å². The Bertz CT molecular complexity index is 584. The lowest BCUT2D eigenvalue weighted by Gasteiger charge is -2.19. The number of hydrogen-bond donors (Lipinski definition) is 2. The highest BCUT2D eigenvalue weighted by Crippen LogP contribution is 2.36. The first kappa shape index (κ1) is 14.7. The fraction of sp³-hybridized carbons (Fsp3) is 0.500. The molecule has 1 aliphatic heterocycles. The van der Waals surface area contributed by atoms with Crippen LogP contribution in [0.3, 0.4) is 0 Å². The Morgan fingerprint density at radius 3 is 2.68 bits per heavy atom. The SMILES string of the molecule is CC(C(=O)NCC(=O)Nc1ccc2c(c1)OCCO2)C1CC1. The van der Waals surface area contributed by atoms with Gasteiger partial charge >= 0.3 is 0 Å². The Balaban J connectivity index is 1.50. The lowest BCUT2D eigenvalue weighted by atomic mass is 10.1. The van der Waals surface area contributed by atoms with E-state index < -0.39 is 0 Å². The monoisotopic (exact) mass is 304 g/mol. The lowest BCUT2D eigenvalue weighted by Crippen LogP contribution is -2.36. The van der Waals surface area contributed by atoms with Gasteiger partial charge in [-0.05, 0) is 30.9 Å². The van der Waals surface area contributed by atoms with Gasteiger partial charge in [0, 0.05) is 17.7 Å². The first-order valence-electron chi connectivity index (χ1n) is 7.60. The van der Waals surface area contributed by atoms with E-state index in [0.29, 0.717) is 36.3 Å². The number of benzene rings is 1. The number of fused-ring (bicyclic) bond motifs is 1. The van der Waals surface area contributed by atoms with E-state index >= 15 is 0 Å². The second-order valence-electron chi connectivity index (χ2n) is 5.75. The minimum absolute atomic E-state index is 0.0120. The van der Waals surface area contributed by atoms with Crippen LogP contribution in [0.25, 0.3) is 0 Å². The number of hydrogen-bond acceptors (Lipinski definition) is 4. The van der Waals surface area contributed by atoms with Crippen LogP contribution in [0.2, 0.25) is 0 Å². The summed E-state index contributed by atoms with van der Waals surface area (Å²) in [5.41, 5.74) is 0.624. The maximum atomic E-state index is 11.9. The molecule has 0 radical (unpaired) electrons. The average molecular weight is 304 g/mol. The highest BCUT2D eigenvalue weighted by Gasteiger charge is 2.32. The third-order valence-electron chi connectivity index (χ3n) is 3.99. The molecule has 22 heavy (non-hydrogen) atoms. The van der Waals surface area contributed by atoms with E-state index in [-0.39, 0.29) is 24.3 Å². The summed E-state index contributed by atoms with van der Waals surface area (Å²) in [5, 5.41) is 5.42. The van der Waals surface area contributed by atoms with Gasteiger partial charge in [-0.1, -0.05) is 6.92 Å². The van der Waals surface area contributed by atoms with Gasteiger partial charge in [0.05, 0.1) is 6.54 Å². The molecule has 2 aliphatic rings. The summed E-state index contributed by atoms with van der Waals surface area (Å²) in [6.45, 7) is 2.92. The van der Waals surface area contributed by atoms with Crippen LogP contribution < -0.4 is 20.1 Å². The van der Waals surface area contributed by atoms with Crippen LogP contribution in [0, 0.1) is 11.8 Å². The number of rotatable bonds is 5. The topological polar surface area (TPSA) is 76.7 Å². The Hall–Kier alpha value is -2.24. The van der Waals surface area contributed by atoms with Crippen LogP contribution in [0.15, 0.2) is 18.2 Å². The molecule has 0 aromatic heterocycles. The van der Waals surface area contributed by atoms with Gasteiger partial charge in [0.25, 0.3) is 0 Å². The van der Waals surface area contributed by atoms with E-state index in [9.17, 15) is 9.59 Å². The van der Waals surface area contributed by atoms with Crippen molar-refractivity contribution in [3.63, 3.8) is 0 Å². The van der Waals surface area contributed by atoms with Crippen molar-refractivity contribution in [2.45, 2.75) is 19.8 Å². The van der Waals surface area contributed by atoms with Crippen LogP contribution in [-0.4, -0.2) is 31.6 Å². The molecule has 2 amide bonds. The minimum atomic E-state index is -0.256. The summed E-state index contributed by atoms with van der Waals surface area (Å²) in [7, 11) is 0. The van der Waals surface area contributed by atoms with Crippen molar-refractivity contribution >= 4 is 17.5 Å². The molecule has 1 aliphatic carbocycles. The van der Waals surface area contributed by atoms with Gasteiger partial charge in [0.1, 0.15) is 13.2 Å². The zero-order chi connectivity index (χ0) is 15.5. The smallest absolute Gasteiger partial charge is 0.243 e. The third-order valence-corrected chi connectivity index (χ3v) is 3.99. The summed E-state index contributed by atoms with van der Waals surface area (Å²) in [6, 6.07) is 5.24. The van der Waals surface area contributed by atoms with E-state index in [2.05, 4.69) is 10.6 Å². The Labute approximate surface area is 129 Å². The number of carbonyl (C=O) groups is 2. The van der Waals surface area contributed by atoms with Gasteiger partial charge in [-0.25, -0.2) is 0 Å². The average Bonchev–Trinajstić information content (AvgIpc) is 3.36. The standard InChI is InChI=1S/C16H20N2O4/c1-10(11-2-3-11)16(20)17-9-15(19)18-12-4-5-13-14(8-12)22-7-6-21-13/h4-5,8,10-11H,2-3,6-7,9H2,1H3,(H,17,20)(H,18,19). The fourth-order valence-corrected chi connectivity index (χ4v) is 2.46.